The van der Waals surface area contributed by atoms with Gasteiger partial charge in [0.05, 0.1) is 0 Å². The van der Waals surface area contributed by atoms with Crippen LogP contribution >= 0.6 is 0 Å². The third-order valence-electron chi connectivity index (χ3n) is 6.75. The van der Waals surface area contributed by atoms with Crippen LogP contribution in [0.4, 0.5) is 21.0 Å². The predicted octanol–water partition coefficient (Wildman–Crippen LogP) is 3.97. The number of carbonyl (C=O) groups excluding carboxylic acids is 3. The van der Waals surface area contributed by atoms with Crippen LogP contribution in [0.5, 0.6) is 0 Å². The lowest BCUT2D eigenvalue weighted by Gasteiger charge is -2.33. The quantitative estimate of drug-likeness (QED) is 0.556. The second kappa shape index (κ2) is 10.2. The van der Waals surface area contributed by atoms with Gasteiger partial charge < -0.3 is 26.2 Å². The standard InChI is InChI=1S/C24H35N5O3/c1-16-7-10-20(25-22(30)17-8-9-17)15-21(16)28-24(32)29-13-11-19(12-14-29)27-23(31)26-18-5-3-2-4-6-18/h7,10,15,17-19H,2-6,8-9,11-14H2,1H3,(H,25,30)(H,28,32)(H2,26,27,31). The van der Waals surface area contributed by atoms with Gasteiger partial charge in [0.1, 0.15) is 0 Å². The van der Waals surface area contributed by atoms with Gasteiger partial charge in [0.15, 0.2) is 0 Å². The van der Waals surface area contributed by atoms with Gasteiger partial charge in [-0.15, -0.1) is 0 Å². The zero-order valence-electron chi connectivity index (χ0n) is 18.9. The Balaban J connectivity index is 1.23. The fourth-order valence-corrected chi connectivity index (χ4v) is 4.50. The lowest BCUT2D eigenvalue weighted by atomic mass is 9.96. The van der Waals surface area contributed by atoms with Gasteiger partial charge in [-0.25, -0.2) is 9.59 Å². The van der Waals surface area contributed by atoms with Crippen molar-refractivity contribution in [2.24, 2.45) is 5.92 Å². The van der Waals surface area contributed by atoms with E-state index >= 15 is 0 Å². The van der Waals surface area contributed by atoms with E-state index in [1.165, 1.54) is 19.3 Å². The summed E-state index contributed by atoms with van der Waals surface area (Å²) in [5.41, 5.74) is 2.35. The Morgan fingerprint density at radius 3 is 2.16 bits per heavy atom. The summed E-state index contributed by atoms with van der Waals surface area (Å²) in [5, 5.41) is 12.1. The molecule has 4 N–H and O–H groups in total. The molecule has 0 radical (unpaired) electrons. The lowest BCUT2D eigenvalue weighted by Crippen LogP contribution is -2.51. The number of urea groups is 2. The Morgan fingerprint density at radius 2 is 1.50 bits per heavy atom. The Morgan fingerprint density at radius 1 is 0.844 bits per heavy atom. The van der Waals surface area contributed by atoms with Crippen molar-refractivity contribution in [1.29, 1.82) is 0 Å². The largest absolute Gasteiger partial charge is 0.335 e. The summed E-state index contributed by atoms with van der Waals surface area (Å²) in [6, 6.07) is 5.73. The van der Waals surface area contributed by atoms with E-state index in [0.717, 1.165) is 44.1 Å². The van der Waals surface area contributed by atoms with Crippen LogP contribution in [0.15, 0.2) is 18.2 Å². The Kier molecular flexibility index (Phi) is 7.17. The SMILES string of the molecule is Cc1ccc(NC(=O)C2CC2)cc1NC(=O)N1CCC(NC(=O)NC2CCCCC2)CC1. The molecule has 174 valence electrons. The van der Waals surface area contributed by atoms with Crippen LogP contribution in [0.1, 0.15) is 63.4 Å². The summed E-state index contributed by atoms with van der Waals surface area (Å²) < 4.78 is 0. The lowest BCUT2D eigenvalue weighted by molar-refractivity contribution is -0.117. The van der Waals surface area contributed by atoms with Crippen LogP contribution in [-0.2, 0) is 4.79 Å². The smallest absolute Gasteiger partial charge is 0.321 e. The van der Waals surface area contributed by atoms with E-state index in [4.69, 9.17) is 0 Å². The van der Waals surface area contributed by atoms with Gasteiger partial charge in [-0.05, 0) is 63.1 Å². The Labute approximate surface area is 189 Å². The molecule has 1 aliphatic heterocycles. The van der Waals surface area contributed by atoms with Crippen molar-refractivity contribution in [3.63, 3.8) is 0 Å². The van der Waals surface area contributed by atoms with E-state index in [1.54, 1.807) is 4.90 Å². The molecule has 0 atom stereocenters. The highest BCUT2D eigenvalue weighted by Crippen LogP contribution is 2.31. The molecule has 0 aromatic heterocycles. The number of likely N-dealkylation sites (tertiary alicyclic amines) is 1. The van der Waals surface area contributed by atoms with E-state index in [2.05, 4.69) is 21.3 Å². The summed E-state index contributed by atoms with van der Waals surface area (Å²) in [7, 11) is 0. The third-order valence-corrected chi connectivity index (χ3v) is 6.75. The van der Waals surface area contributed by atoms with Gasteiger partial charge in [0, 0.05) is 42.5 Å². The van der Waals surface area contributed by atoms with Crippen molar-refractivity contribution in [3.05, 3.63) is 23.8 Å². The van der Waals surface area contributed by atoms with Crippen molar-refractivity contribution in [1.82, 2.24) is 15.5 Å². The van der Waals surface area contributed by atoms with E-state index in [0.29, 0.717) is 30.5 Å². The van der Waals surface area contributed by atoms with Gasteiger partial charge in [-0.3, -0.25) is 4.79 Å². The molecular weight excluding hydrogens is 406 g/mol. The first kappa shape index (κ1) is 22.4. The molecule has 32 heavy (non-hydrogen) atoms. The minimum Gasteiger partial charge on any atom is -0.335 e. The molecule has 2 saturated carbocycles. The molecule has 8 nitrogen and oxygen atoms in total. The number of carbonyl (C=O) groups is 3. The Bertz CT molecular complexity index is 840. The molecule has 1 aromatic carbocycles. The van der Waals surface area contributed by atoms with Crippen molar-refractivity contribution in [2.75, 3.05) is 23.7 Å². The van der Waals surface area contributed by atoms with E-state index < -0.39 is 0 Å². The molecule has 0 unspecified atom stereocenters. The van der Waals surface area contributed by atoms with Gasteiger partial charge >= 0.3 is 12.1 Å². The molecule has 2 aliphatic carbocycles. The highest BCUT2D eigenvalue weighted by molar-refractivity contribution is 5.96. The number of hydrogen-bond donors (Lipinski definition) is 4. The first-order valence-electron chi connectivity index (χ1n) is 12.0. The van der Waals surface area contributed by atoms with Crippen molar-refractivity contribution in [2.45, 2.75) is 76.8 Å². The van der Waals surface area contributed by atoms with E-state index in [-0.39, 0.29) is 29.9 Å². The maximum Gasteiger partial charge on any atom is 0.321 e. The molecule has 1 aromatic rings. The number of amides is 5. The monoisotopic (exact) mass is 441 g/mol. The molecule has 3 fully saturated rings. The van der Waals surface area contributed by atoms with Crippen molar-refractivity contribution in [3.8, 4) is 0 Å². The maximum absolute atomic E-state index is 12.8. The topological polar surface area (TPSA) is 103 Å². The van der Waals surface area contributed by atoms with Gasteiger partial charge in [-0.1, -0.05) is 25.3 Å². The van der Waals surface area contributed by atoms with Crippen LogP contribution in [0, 0.1) is 12.8 Å². The van der Waals surface area contributed by atoms with Crippen LogP contribution in [-0.4, -0.2) is 48.0 Å². The highest BCUT2D eigenvalue weighted by atomic mass is 16.2. The van der Waals surface area contributed by atoms with Crippen LogP contribution in [0.25, 0.3) is 0 Å². The average molecular weight is 442 g/mol. The fourth-order valence-electron chi connectivity index (χ4n) is 4.50. The molecule has 8 heteroatoms. The number of nitrogens with zero attached hydrogens (tertiary/aromatic N) is 1. The van der Waals surface area contributed by atoms with Crippen molar-refractivity contribution < 1.29 is 14.4 Å². The predicted molar refractivity (Wildman–Crippen MR) is 125 cm³/mol. The molecule has 1 heterocycles. The zero-order valence-corrected chi connectivity index (χ0v) is 18.9. The normalized spacial score (nSPS) is 19.8. The van der Waals surface area contributed by atoms with Crippen molar-refractivity contribution >= 4 is 29.3 Å². The number of aryl methyl sites for hydroxylation is 1. The fraction of sp³-hybridized carbons (Fsp3) is 0.625. The minimum atomic E-state index is -0.149. The number of piperidine rings is 1. The van der Waals surface area contributed by atoms with Crippen LogP contribution in [0.3, 0.4) is 0 Å². The Hall–Kier alpha value is -2.77. The molecule has 0 bridgehead atoms. The molecule has 0 spiro atoms. The number of anilines is 2. The summed E-state index contributed by atoms with van der Waals surface area (Å²) in [5.74, 6) is 0.183. The van der Waals surface area contributed by atoms with Crippen LogP contribution in [0.2, 0.25) is 0 Å². The van der Waals surface area contributed by atoms with Gasteiger partial charge in [-0.2, -0.15) is 0 Å². The summed E-state index contributed by atoms with van der Waals surface area (Å²) in [6.07, 6.45) is 9.15. The molecule has 5 amide bonds. The second-order valence-corrected chi connectivity index (χ2v) is 9.44. The third kappa shape index (κ3) is 6.14. The van der Waals surface area contributed by atoms with Crippen LogP contribution < -0.4 is 21.3 Å². The number of nitrogens with one attached hydrogen (secondary N) is 4. The summed E-state index contributed by atoms with van der Waals surface area (Å²) in [6.45, 7) is 3.12. The minimum absolute atomic E-state index is 0.0493. The van der Waals surface area contributed by atoms with E-state index in [9.17, 15) is 14.4 Å². The molecule has 3 aliphatic rings. The number of benzene rings is 1. The zero-order chi connectivity index (χ0) is 22.5. The molecule has 4 rings (SSSR count). The highest BCUT2D eigenvalue weighted by Gasteiger charge is 2.30. The average Bonchev–Trinajstić information content (AvgIpc) is 3.63. The summed E-state index contributed by atoms with van der Waals surface area (Å²) >= 11 is 0. The van der Waals surface area contributed by atoms with E-state index in [1.807, 2.05) is 25.1 Å². The first-order valence-corrected chi connectivity index (χ1v) is 12.0. The molecule has 1 saturated heterocycles. The summed E-state index contributed by atoms with van der Waals surface area (Å²) in [4.78, 5) is 38.9. The first-order chi connectivity index (χ1) is 15.5. The maximum atomic E-state index is 12.8. The number of hydrogen-bond acceptors (Lipinski definition) is 3. The second-order valence-electron chi connectivity index (χ2n) is 9.44. The number of rotatable bonds is 5. The van der Waals surface area contributed by atoms with Gasteiger partial charge in [0.2, 0.25) is 5.91 Å². The molecular formula is C24H35N5O3. The van der Waals surface area contributed by atoms with Gasteiger partial charge in [0.25, 0.3) is 0 Å².